The molecule has 84 valence electrons. The lowest BCUT2D eigenvalue weighted by Crippen LogP contribution is -2.19. The lowest BCUT2D eigenvalue weighted by atomic mass is 10.0. The highest BCUT2D eigenvalue weighted by Gasteiger charge is 2.20. The topological polar surface area (TPSA) is 80.9 Å². The molecule has 1 aromatic carbocycles. The lowest BCUT2D eigenvalue weighted by molar-refractivity contribution is 0.00305. The van der Waals surface area contributed by atoms with E-state index in [-0.39, 0.29) is 24.3 Å². The van der Waals surface area contributed by atoms with Gasteiger partial charge >= 0.3 is 0 Å². The Balaban J connectivity index is 2.89. The molecule has 0 amide bonds. The SMILES string of the molecule is OCCC(O)C(O)c1cc(Cl)ccc1O. The van der Waals surface area contributed by atoms with E-state index in [0.29, 0.717) is 5.02 Å². The van der Waals surface area contributed by atoms with Crippen molar-refractivity contribution >= 4 is 11.6 Å². The molecule has 2 unspecified atom stereocenters. The number of phenolic OH excluding ortho intramolecular Hbond substituents is 1. The average Bonchev–Trinajstić information content (AvgIpc) is 2.21. The molecule has 2 atom stereocenters. The third-order valence-electron chi connectivity index (χ3n) is 2.10. The molecular formula is C10H13ClO4. The van der Waals surface area contributed by atoms with Crippen LogP contribution >= 0.6 is 11.6 Å². The van der Waals surface area contributed by atoms with Crippen LogP contribution in [0.5, 0.6) is 5.75 Å². The Kier molecular flexibility index (Phi) is 4.35. The zero-order chi connectivity index (χ0) is 11.4. The summed E-state index contributed by atoms with van der Waals surface area (Å²) in [6.07, 6.45) is -2.34. The van der Waals surface area contributed by atoms with Crippen LogP contribution in [0.15, 0.2) is 18.2 Å². The second kappa shape index (κ2) is 5.32. The smallest absolute Gasteiger partial charge is 0.121 e. The van der Waals surface area contributed by atoms with Crippen LogP contribution in [0.1, 0.15) is 18.1 Å². The fraction of sp³-hybridized carbons (Fsp3) is 0.400. The summed E-state index contributed by atoms with van der Waals surface area (Å²) < 4.78 is 0. The van der Waals surface area contributed by atoms with Crippen LogP contribution in [0.25, 0.3) is 0 Å². The second-order valence-corrected chi connectivity index (χ2v) is 3.66. The Morgan fingerprint density at radius 1 is 1.27 bits per heavy atom. The first-order valence-electron chi connectivity index (χ1n) is 4.51. The monoisotopic (exact) mass is 232 g/mol. The summed E-state index contributed by atoms with van der Waals surface area (Å²) in [7, 11) is 0. The molecule has 0 aliphatic carbocycles. The molecule has 1 rings (SSSR count). The molecule has 0 aliphatic rings. The largest absolute Gasteiger partial charge is 0.508 e. The van der Waals surface area contributed by atoms with E-state index in [9.17, 15) is 15.3 Å². The highest BCUT2D eigenvalue weighted by atomic mass is 35.5. The zero-order valence-corrected chi connectivity index (χ0v) is 8.72. The van der Waals surface area contributed by atoms with Crippen LogP contribution in [-0.4, -0.2) is 33.1 Å². The maximum Gasteiger partial charge on any atom is 0.121 e. The Labute approximate surface area is 92.4 Å². The molecule has 0 fully saturated rings. The van der Waals surface area contributed by atoms with Gasteiger partial charge < -0.3 is 20.4 Å². The maximum absolute atomic E-state index is 9.65. The standard InChI is InChI=1S/C10H13ClO4/c11-6-1-2-8(13)7(5-6)10(15)9(14)3-4-12/h1-2,5,9-10,12-15H,3-4H2. The van der Waals surface area contributed by atoms with Gasteiger partial charge in [0, 0.05) is 17.2 Å². The van der Waals surface area contributed by atoms with Crippen LogP contribution in [0, 0.1) is 0 Å². The molecule has 0 radical (unpaired) electrons. The Morgan fingerprint density at radius 2 is 1.93 bits per heavy atom. The number of phenols is 1. The molecule has 0 saturated heterocycles. The van der Waals surface area contributed by atoms with Crippen LogP contribution in [0.4, 0.5) is 0 Å². The van der Waals surface area contributed by atoms with Gasteiger partial charge in [0.2, 0.25) is 0 Å². The van der Waals surface area contributed by atoms with Crippen molar-refractivity contribution in [2.75, 3.05) is 6.61 Å². The van der Waals surface area contributed by atoms with E-state index in [1.165, 1.54) is 18.2 Å². The van der Waals surface area contributed by atoms with Crippen LogP contribution in [-0.2, 0) is 0 Å². The van der Waals surface area contributed by atoms with E-state index in [4.69, 9.17) is 16.7 Å². The molecule has 0 bridgehead atoms. The predicted molar refractivity (Wildman–Crippen MR) is 55.8 cm³/mol. The Hall–Kier alpha value is -0.810. The van der Waals surface area contributed by atoms with E-state index < -0.39 is 12.2 Å². The lowest BCUT2D eigenvalue weighted by Gasteiger charge is -2.18. The molecule has 0 saturated carbocycles. The molecule has 15 heavy (non-hydrogen) atoms. The van der Waals surface area contributed by atoms with Gasteiger partial charge in [0.25, 0.3) is 0 Å². The third-order valence-corrected chi connectivity index (χ3v) is 2.33. The Morgan fingerprint density at radius 3 is 2.53 bits per heavy atom. The molecular weight excluding hydrogens is 220 g/mol. The Bertz CT molecular complexity index is 329. The van der Waals surface area contributed by atoms with Gasteiger partial charge in [-0.15, -0.1) is 0 Å². The fourth-order valence-electron chi connectivity index (χ4n) is 1.26. The quantitative estimate of drug-likeness (QED) is 0.620. The molecule has 4 N–H and O–H groups in total. The molecule has 5 heteroatoms. The summed E-state index contributed by atoms with van der Waals surface area (Å²) in [4.78, 5) is 0. The van der Waals surface area contributed by atoms with Crippen molar-refractivity contribution in [3.8, 4) is 5.75 Å². The summed E-state index contributed by atoms with van der Waals surface area (Å²) in [5, 5.41) is 37.5. The fourth-order valence-corrected chi connectivity index (χ4v) is 1.44. The average molecular weight is 233 g/mol. The van der Waals surface area contributed by atoms with E-state index in [1.54, 1.807) is 0 Å². The normalized spacial score (nSPS) is 14.9. The predicted octanol–water partition coefficient (Wildman–Crippen LogP) is 0.822. The first-order valence-corrected chi connectivity index (χ1v) is 4.89. The van der Waals surface area contributed by atoms with Crippen molar-refractivity contribution in [1.29, 1.82) is 0 Å². The van der Waals surface area contributed by atoms with E-state index in [0.717, 1.165) is 0 Å². The summed E-state index contributed by atoms with van der Waals surface area (Å²) in [6, 6.07) is 4.19. The van der Waals surface area contributed by atoms with Gasteiger partial charge in [0.1, 0.15) is 11.9 Å². The van der Waals surface area contributed by atoms with Crippen molar-refractivity contribution < 1.29 is 20.4 Å². The van der Waals surface area contributed by atoms with E-state index in [2.05, 4.69) is 0 Å². The van der Waals surface area contributed by atoms with Crippen molar-refractivity contribution in [2.24, 2.45) is 0 Å². The van der Waals surface area contributed by atoms with Crippen molar-refractivity contribution in [3.63, 3.8) is 0 Å². The van der Waals surface area contributed by atoms with Crippen LogP contribution < -0.4 is 0 Å². The number of hydrogen-bond donors (Lipinski definition) is 4. The highest BCUT2D eigenvalue weighted by Crippen LogP contribution is 2.29. The van der Waals surface area contributed by atoms with Crippen molar-refractivity contribution in [3.05, 3.63) is 28.8 Å². The number of halogens is 1. The van der Waals surface area contributed by atoms with Crippen molar-refractivity contribution in [2.45, 2.75) is 18.6 Å². The number of aliphatic hydroxyl groups is 3. The number of rotatable bonds is 4. The summed E-state index contributed by atoms with van der Waals surface area (Å²) in [5.74, 6) is -0.135. The molecule has 4 nitrogen and oxygen atoms in total. The summed E-state index contributed by atoms with van der Waals surface area (Å²) in [5.41, 5.74) is 0.156. The molecule has 0 aromatic heterocycles. The summed E-state index contributed by atoms with van der Waals surface area (Å²) in [6.45, 7) is -0.237. The molecule has 0 spiro atoms. The second-order valence-electron chi connectivity index (χ2n) is 3.23. The van der Waals surface area contributed by atoms with Crippen LogP contribution in [0.2, 0.25) is 5.02 Å². The van der Waals surface area contributed by atoms with Gasteiger partial charge in [-0.25, -0.2) is 0 Å². The van der Waals surface area contributed by atoms with E-state index >= 15 is 0 Å². The minimum absolute atomic E-state index is 0.0348. The van der Waals surface area contributed by atoms with E-state index in [1.807, 2.05) is 0 Å². The minimum Gasteiger partial charge on any atom is -0.508 e. The molecule has 0 heterocycles. The van der Waals surface area contributed by atoms with Gasteiger partial charge in [0.05, 0.1) is 6.10 Å². The van der Waals surface area contributed by atoms with Gasteiger partial charge in [-0.05, 0) is 24.6 Å². The first kappa shape index (κ1) is 12.3. The molecule has 0 aliphatic heterocycles. The van der Waals surface area contributed by atoms with Gasteiger partial charge in [-0.1, -0.05) is 11.6 Å². The molecule has 1 aromatic rings. The van der Waals surface area contributed by atoms with Gasteiger partial charge in [-0.2, -0.15) is 0 Å². The number of benzene rings is 1. The van der Waals surface area contributed by atoms with Gasteiger partial charge in [0.15, 0.2) is 0 Å². The zero-order valence-electron chi connectivity index (χ0n) is 7.97. The highest BCUT2D eigenvalue weighted by molar-refractivity contribution is 6.30. The minimum atomic E-state index is -1.25. The number of hydrogen-bond acceptors (Lipinski definition) is 4. The number of aromatic hydroxyl groups is 1. The first-order chi connectivity index (χ1) is 7.06. The maximum atomic E-state index is 9.65. The van der Waals surface area contributed by atoms with Crippen molar-refractivity contribution in [1.82, 2.24) is 0 Å². The van der Waals surface area contributed by atoms with Crippen LogP contribution in [0.3, 0.4) is 0 Å². The summed E-state index contributed by atoms with van der Waals surface area (Å²) >= 11 is 5.69. The van der Waals surface area contributed by atoms with Gasteiger partial charge in [-0.3, -0.25) is 0 Å². The number of aliphatic hydroxyl groups excluding tert-OH is 3. The third kappa shape index (κ3) is 3.07.